The van der Waals surface area contributed by atoms with E-state index in [0.29, 0.717) is 35.5 Å². The number of carbonyl (C=O) groups is 1. The van der Waals surface area contributed by atoms with Crippen LogP contribution in [0.2, 0.25) is 0 Å². The molecule has 1 saturated heterocycles. The molecule has 9 heteroatoms. The molecule has 0 spiro atoms. The molecule has 0 saturated carbocycles. The van der Waals surface area contributed by atoms with E-state index < -0.39 is 15.9 Å². The number of thiophene rings is 1. The second kappa shape index (κ2) is 6.66. The number of sulfonamides is 1. The zero-order valence-corrected chi connectivity index (χ0v) is 15.1. The Morgan fingerprint density at radius 1 is 1.46 bits per heavy atom. The van der Waals surface area contributed by atoms with Gasteiger partial charge in [-0.3, -0.25) is 4.79 Å². The van der Waals surface area contributed by atoms with Crippen LogP contribution in [0.4, 0.5) is 5.82 Å². The number of nitrogens with zero attached hydrogens (tertiary/aromatic N) is 2. The number of aryl methyl sites for hydroxylation is 1. The highest BCUT2D eigenvalue weighted by Crippen LogP contribution is 2.27. The summed E-state index contributed by atoms with van der Waals surface area (Å²) in [7, 11) is -3.55. The first-order valence-corrected chi connectivity index (χ1v) is 10.0. The van der Waals surface area contributed by atoms with Gasteiger partial charge in [0.2, 0.25) is 10.0 Å². The topological polar surface area (TPSA) is 92.5 Å². The first kappa shape index (κ1) is 17.1. The Morgan fingerprint density at radius 2 is 2.25 bits per heavy atom. The van der Waals surface area contributed by atoms with Gasteiger partial charge in [0.25, 0.3) is 5.91 Å². The van der Waals surface area contributed by atoms with Crippen molar-refractivity contribution >= 4 is 33.1 Å². The molecule has 2 aromatic heterocycles. The van der Waals surface area contributed by atoms with Gasteiger partial charge in [-0.2, -0.15) is 4.31 Å². The van der Waals surface area contributed by atoms with Gasteiger partial charge in [0.15, 0.2) is 5.82 Å². The number of rotatable bonds is 4. The van der Waals surface area contributed by atoms with Crippen LogP contribution in [0.15, 0.2) is 26.9 Å². The lowest BCUT2D eigenvalue weighted by atomic mass is 10.0. The molecule has 1 atom stereocenters. The summed E-state index contributed by atoms with van der Waals surface area (Å²) in [6.45, 7) is 4.83. The summed E-state index contributed by atoms with van der Waals surface area (Å²) in [6.07, 6.45) is 1.91. The fraction of sp³-hybridized carbons (Fsp3) is 0.467. The van der Waals surface area contributed by atoms with Gasteiger partial charge < -0.3 is 9.84 Å². The van der Waals surface area contributed by atoms with Gasteiger partial charge in [0, 0.05) is 24.5 Å². The number of carbonyl (C=O) groups excluding carboxylic acids is 1. The van der Waals surface area contributed by atoms with Gasteiger partial charge in [0.1, 0.15) is 5.76 Å². The largest absolute Gasteiger partial charge is 0.360 e. The minimum absolute atomic E-state index is 0.170. The van der Waals surface area contributed by atoms with E-state index in [1.54, 1.807) is 13.0 Å². The SMILES string of the molecule is Cc1cc(NC(=O)c2cc(S(=O)(=O)N3CCCC(C)C3)cs2)no1. The molecular formula is C15H19N3O4S2. The van der Waals surface area contributed by atoms with Gasteiger partial charge >= 0.3 is 0 Å². The molecule has 0 bridgehead atoms. The summed E-state index contributed by atoms with van der Waals surface area (Å²) in [5, 5.41) is 7.79. The van der Waals surface area contributed by atoms with Gasteiger partial charge in [-0.05, 0) is 31.7 Å². The first-order chi connectivity index (χ1) is 11.4. The van der Waals surface area contributed by atoms with E-state index in [-0.39, 0.29) is 4.90 Å². The lowest BCUT2D eigenvalue weighted by molar-refractivity contribution is 0.102. The summed E-state index contributed by atoms with van der Waals surface area (Å²) < 4.78 is 31.8. The molecule has 0 aliphatic carbocycles. The van der Waals surface area contributed by atoms with Crippen LogP contribution in [-0.4, -0.2) is 36.9 Å². The number of piperidine rings is 1. The average molecular weight is 369 g/mol. The molecule has 1 aliphatic rings. The Hall–Kier alpha value is -1.71. The van der Waals surface area contributed by atoms with Crippen molar-refractivity contribution in [1.82, 2.24) is 9.46 Å². The minimum atomic E-state index is -3.55. The van der Waals surface area contributed by atoms with Crippen molar-refractivity contribution < 1.29 is 17.7 Å². The van der Waals surface area contributed by atoms with Crippen LogP contribution >= 0.6 is 11.3 Å². The lowest BCUT2D eigenvalue weighted by Crippen LogP contribution is -2.38. The highest BCUT2D eigenvalue weighted by molar-refractivity contribution is 7.89. The molecule has 1 unspecified atom stereocenters. The van der Waals surface area contributed by atoms with E-state index in [1.807, 2.05) is 6.92 Å². The summed E-state index contributed by atoms with van der Waals surface area (Å²) in [5.41, 5.74) is 0. The van der Waals surface area contributed by atoms with Gasteiger partial charge in [-0.1, -0.05) is 12.1 Å². The number of aromatic nitrogens is 1. The average Bonchev–Trinajstić information content (AvgIpc) is 3.17. The third-order valence-corrected chi connectivity index (χ3v) is 6.85. The molecule has 1 aliphatic heterocycles. The molecule has 2 aromatic rings. The molecule has 130 valence electrons. The Bertz CT molecular complexity index is 841. The van der Waals surface area contributed by atoms with Crippen molar-refractivity contribution in [2.24, 2.45) is 5.92 Å². The molecule has 0 aromatic carbocycles. The second-order valence-electron chi connectivity index (χ2n) is 6.03. The summed E-state index contributed by atoms with van der Waals surface area (Å²) in [6, 6.07) is 3.01. The quantitative estimate of drug-likeness (QED) is 0.894. The van der Waals surface area contributed by atoms with E-state index in [2.05, 4.69) is 10.5 Å². The normalized spacial score (nSPS) is 19.3. The van der Waals surface area contributed by atoms with Crippen LogP contribution < -0.4 is 5.32 Å². The van der Waals surface area contributed by atoms with Crippen LogP contribution in [0.3, 0.4) is 0 Å². The standard InChI is InChI=1S/C15H19N3O4S2/c1-10-4-3-5-18(8-10)24(20,21)12-7-13(23-9-12)15(19)16-14-6-11(2)22-17-14/h6-7,9-10H,3-5,8H2,1-2H3,(H,16,17,19). The predicted octanol–water partition coefficient (Wildman–Crippen LogP) is 2.72. The van der Waals surface area contributed by atoms with Crippen LogP contribution in [0.25, 0.3) is 0 Å². The molecular weight excluding hydrogens is 350 g/mol. The Balaban J connectivity index is 1.75. The number of amides is 1. The molecule has 1 amide bonds. The molecule has 0 radical (unpaired) electrons. The van der Waals surface area contributed by atoms with Crippen molar-refractivity contribution in [3.8, 4) is 0 Å². The third kappa shape index (κ3) is 3.52. The maximum atomic E-state index is 12.7. The minimum Gasteiger partial charge on any atom is -0.360 e. The van der Waals surface area contributed by atoms with Crippen molar-refractivity contribution in [2.45, 2.75) is 31.6 Å². The van der Waals surface area contributed by atoms with Crippen molar-refractivity contribution in [2.75, 3.05) is 18.4 Å². The molecule has 3 heterocycles. The van der Waals surface area contributed by atoms with E-state index in [0.717, 1.165) is 24.2 Å². The smallest absolute Gasteiger partial charge is 0.267 e. The Labute approximate surface area is 144 Å². The predicted molar refractivity (Wildman–Crippen MR) is 90.7 cm³/mol. The third-order valence-electron chi connectivity index (χ3n) is 3.93. The van der Waals surface area contributed by atoms with Gasteiger partial charge in [0.05, 0.1) is 9.77 Å². The first-order valence-electron chi connectivity index (χ1n) is 7.69. The van der Waals surface area contributed by atoms with Gasteiger partial charge in [-0.15, -0.1) is 11.3 Å². The van der Waals surface area contributed by atoms with Crippen LogP contribution in [-0.2, 0) is 10.0 Å². The zero-order valence-electron chi connectivity index (χ0n) is 13.5. The molecule has 24 heavy (non-hydrogen) atoms. The fourth-order valence-corrected chi connectivity index (χ4v) is 5.44. The molecule has 7 nitrogen and oxygen atoms in total. The fourth-order valence-electron chi connectivity index (χ4n) is 2.69. The van der Waals surface area contributed by atoms with Crippen molar-refractivity contribution in [1.29, 1.82) is 0 Å². The van der Waals surface area contributed by atoms with Crippen LogP contribution in [0.5, 0.6) is 0 Å². The van der Waals surface area contributed by atoms with E-state index in [4.69, 9.17) is 4.52 Å². The van der Waals surface area contributed by atoms with Crippen molar-refractivity contribution in [3.63, 3.8) is 0 Å². The molecule has 1 fully saturated rings. The maximum absolute atomic E-state index is 12.7. The van der Waals surface area contributed by atoms with Gasteiger partial charge in [-0.25, -0.2) is 8.42 Å². The highest BCUT2D eigenvalue weighted by atomic mass is 32.2. The molecule has 3 rings (SSSR count). The zero-order chi connectivity index (χ0) is 17.3. The van der Waals surface area contributed by atoms with Crippen LogP contribution in [0.1, 0.15) is 35.2 Å². The molecule has 1 N–H and O–H groups in total. The van der Waals surface area contributed by atoms with E-state index in [9.17, 15) is 13.2 Å². The van der Waals surface area contributed by atoms with E-state index >= 15 is 0 Å². The number of hydrogen-bond donors (Lipinski definition) is 1. The Kier molecular flexibility index (Phi) is 4.75. The maximum Gasteiger partial charge on any atom is 0.267 e. The number of anilines is 1. The van der Waals surface area contributed by atoms with Crippen LogP contribution in [0, 0.1) is 12.8 Å². The Morgan fingerprint density at radius 3 is 2.92 bits per heavy atom. The number of hydrogen-bond acceptors (Lipinski definition) is 6. The highest BCUT2D eigenvalue weighted by Gasteiger charge is 2.30. The summed E-state index contributed by atoms with van der Waals surface area (Å²) >= 11 is 1.10. The number of nitrogens with one attached hydrogen (secondary N) is 1. The monoisotopic (exact) mass is 369 g/mol. The summed E-state index contributed by atoms with van der Waals surface area (Å²) in [5.74, 6) is 0.839. The summed E-state index contributed by atoms with van der Waals surface area (Å²) in [4.78, 5) is 12.7. The second-order valence-corrected chi connectivity index (χ2v) is 8.88. The van der Waals surface area contributed by atoms with Crippen molar-refractivity contribution in [3.05, 3.63) is 28.2 Å². The van der Waals surface area contributed by atoms with E-state index in [1.165, 1.54) is 15.8 Å². The lowest BCUT2D eigenvalue weighted by Gasteiger charge is -2.29.